The van der Waals surface area contributed by atoms with Crippen LogP contribution in [0.2, 0.25) is 0 Å². The van der Waals surface area contributed by atoms with Gasteiger partial charge in [0.05, 0.1) is 0 Å². The van der Waals surface area contributed by atoms with Gasteiger partial charge in [-0.15, -0.1) is 6.54 Å². The number of likely N-dealkylation sites (N-methyl/N-ethyl adjacent to an activating group) is 2. The fourth-order valence-corrected chi connectivity index (χ4v) is 0.516. The molecule has 0 aromatic carbocycles. The zero-order valence-corrected chi connectivity index (χ0v) is 10.3. The van der Waals surface area contributed by atoms with Gasteiger partial charge in [0.2, 0.25) is 0 Å². The van der Waals surface area contributed by atoms with E-state index in [1.807, 2.05) is 7.05 Å². The molecule has 0 aliphatic rings. The Morgan fingerprint density at radius 2 is 1.90 bits per heavy atom. The fraction of sp³-hybridized carbons (Fsp3) is 1.00. The first-order valence-electron chi connectivity index (χ1n) is 3.44. The second-order valence-corrected chi connectivity index (χ2v) is 2.61. The Morgan fingerprint density at radius 3 is 2.20 bits per heavy atom. The molecule has 10 heavy (non-hydrogen) atoms. The molecule has 0 N–H and O–H groups in total. The summed E-state index contributed by atoms with van der Waals surface area (Å²) in [6, 6.07) is 0.645. The van der Waals surface area contributed by atoms with Crippen LogP contribution in [0.5, 0.6) is 0 Å². The number of rotatable bonds is 4. The maximum absolute atomic E-state index is 4.02. The first kappa shape index (κ1) is 13.6. The van der Waals surface area contributed by atoms with E-state index in [-0.39, 0.29) is 32.7 Å². The molecular formula is C7H17N2Y-. The van der Waals surface area contributed by atoms with Crippen LogP contribution >= 0.6 is 0 Å². The summed E-state index contributed by atoms with van der Waals surface area (Å²) in [5, 5.41) is 4.02. The van der Waals surface area contributed by atoms with Crippen LogP contribution in [-0.2, 0) is 32.7 Å². The molecule has 1 radical (unpaired) electrons. The molecule has 0 aromatic heterocycles. The molecule has 0 saturated carbocycles. The smallest absolute Gasteiger partial charge is 0.00348 e. The topological polar surface area (TPSA) is 17.3 Å². The van der Waals surface area contributed by atoms with E-state index >= 15 is 0 Å². The summed E-state index contributed by atoms with van der Waals surface area (Å²) in [6.45, 7) is 6.41. The molecule has 0 aromatic rings. The maximum Gasteiger partial charge on any atom is 0.00348 e. The van der Waals surface area contributed by atoms with E-state index in [9.17, 15) is 0 Å². The monoisotopic (exact) mass is 218 g/mol. The van der Waals surface area contributed by atoms with Crippen LogP contribution in [0.15, 0.2) is 0 Å². The van der Waals surface area contributed by atoms with E-state index in [0.29, 0.717) is 6.04 Å². The molecule has 0 amide bonds. The predicted octanol–water partition coefficient (Wildman–Crippen LogP) is 1.33. The maximum atomic E-state index is 4.02. The Bertz CT molecular complexity index is 66.6. The first-order chi connectivity index (χ1) is 4.18. The van der Waals surface area contributed by atoms with Gasteiger partial charge < -0.3 is 10.2 Å². The number of hydrogen-bond acceptors (Lipinski definition) is 1. The zero-order chi connectivity index (χ0) is 7.28. The SMILES string of the molecule is C[N-]CCN(C)C(C)C.[Y]. The number of hydrogen-bond donors (Lipinski definition) is 0. The van der Waals surface area contributed by atoms with Crippen LogP contribution in [0.4, 0.5) is 0 Å². The van der Waals surface area contributed by atoms with Gasteiger partial charge in [-0.05, 0) is 27.4 Å². The molecule has 0 heterocycles. The van der Waals surface area contributed by atoms with Gasteiger partial charge in [-0.25, -0.2) is 0 Å². The average molecular weight is 218 g/mol. The van der Waals surface area contributed by atoms with Gasteiger partial charge >= 0.3 is 0 Å². The molecule has 3 heteroatoms. The van der Waals surface area contributed by atoms with Crippen molar-refractivity contribution in [2.24, 2.45) is 0 Å². The summed E-state index contributed by atoms with van der Waals surface area (Å²) >= 11 is 0. The van der Waals surface area contributed by atoms with E-state index in [2.05, 4.69) is 31.1 Å². The van der Waals surface area contributed by atoms with Crippen molar-refractivity contribution in [1.29, 1.82) is 0 Å². The quantitative estimate of drug-likeness (QED) is 0.695. The minimum atomic E-state index is 0. The summed E-state index contributed by atoms with van der Waals surface area (Å²) in [5.41, 5.74) is 0. The second kappa shape index (κ2) is 8.12. The largest absolute Gasteiger partial charge is 0.664 e. The summed E-state index contributed by atoms with van der Waals surface area (Å²) < 4.78 is 0. The van der Waals surface area contributed by atoms with Gasteiger partial charge in [-0.1, -0.05) is 0 Å². The van der Waals surface area contributed by atoms with Gasteiger partial charge in [-0.2, -0.15) is 7.05 Å². The summed E-state index contributed by atoms with van der Waals surface area (Å²) in [7, 11) is 3.98. The third-order valence-corrected chi connectivity index (χ3v) is 1.56. The molecule has 0 fully saturated rings. The van der Waals surface area contributed by atoms with Gasteiger partial charge in [-0.3, -0.25) is 0 Å². The Hall–Kier alpha value is 1.02. The van der Waals surface area contributed by atoms with E-state index in [1.165, 1.54) is 0 Å². The van der Waals surface area contributed by atoms with Gasteiger partial charge in [0, 0.05) is 38.8 Å². The first-order valence-corrected chi connectivity index (χ1v) is 3.44. The van der Waals surface area contributed by atoms with Gasteiger partial charge in [0.1, 0.15) is 0 Å². The van der Waals surface area contributed by atoms with Crippen molar-refractivity contribution < 1.29 is 32.7 Å². The Balaban J connectivity index is 0. The van der Waals surface area contributed by atoms with Gasteiger partial charge in [0.15, 0.2) is 0 Å². The van der Waals surface area contributed by atoms with Crippen molar-refractivity contribution in [3.8, 4) is 0 Å². The zero-order valence-electron chi connectivity index (χ0n) is 7.46. The Labute approximate surface area is 89.6 Å². The minimum Gasteiger partial charge on any atom is -0.664 e. The molecule has 0 saturated heterocycles. The van der Waals surface area contributed by atoms with Crippen LogP contribution < -0.4 is 0 Å². The number of nitrogens with zero attached hydrogens (tertiary/aromatic N) is 2. The summed E-state index contributed by atoms with van der Waals surface area (Å²) in [5.74, 6) is 0. The van der Waals surface area contributed by atoms with Crippen molar-refractivity contribution >= 4 is 0 Å². The third kappa shape index (κ3) is 7.13. The predicted molar refractivity (Wildman–Crippen MR) is 41.9 cm³/mol. The van der Waals surface area contributed by atoms with E-state index in [1.54, 1.807) is 0 Å². The molecule has 0 aliphatic heterocycles. The van der Waals surface area contributed by atoms with Crippen LogP contribution in [-0.4, -0.2) is 38.1 Å². The van der Waals surface area contributed by atoms with E-state index in [0.717, 1.165) is 13.1 Å². The second-order valence-electron chi connectivity index (χ2n) is 2.61. The van der Waals surface area contributed by atoms with Crippen molar-refractivity contribution in [3.63, 3.8) is 0 Å². The molecular weight excluding hydrogens is 201 g/mol. The standard InChI is InChI=1S/C7H17N2.Y/c1-7(2)9(4)6-5-8-3;/h7H,5-6H2,1-4H3;/q-1;. The molecule has 0 aliphatic carbocycles. The van der Waals surface area contributed by atoms with Crippen molar-refractivity contribution in [2.75, 3.05) is 27.2 Å². The normalized spacial score (nSPS) is 10.2. The molecule has 0 spiro atoms. The molecule has 0 atom stereocenters. The van der Waals surface area contributed by atoms with Crippen molar-refractivity contribution in [3.05, 3.63) is 5.32 Å². The van der Waals surface area contributed by atoms with Crippen molar-refractivity contribution in [1.82, 2.24) is 4.90 Å². The molecule has 0 bridgehead atoms. The van der Waals surface area contributed by atoms with Crippen LogP contribution in [0.1, 0.15) is 13.8 Å². The Morgan fingerprint density at radius 1 is 1.40 bits per heavy atom. The summed E-state index contributed by atoms with van der Waals surface area (Å²) in [4.78, 5) is 2.28. The van der Waals surface area contributed by atoms with Crippen LogP contribution in [0.25, 0.3) is 5.32 Å². The van der Waals surface area contributed by atoms with Gasteiger partial charge in [0.25, 0.3) is 0 Å². The van der Waals surface area contributed by atoms with E-state index < -0.39 is 0 Å². The van der Waals surface area contributed by atoms with Crippen LogP contribution in [0.3, 0.4) is 0 Å². The van der Waals surface area contributed by atoms with Crippen LogP contribution in [0, 0.1) is 0 Å². The molecule has 59 valence electrons. The summed E-state index contributed by atoms with van der Waals surface area (Å²) in [6.07, 6.45) is 0. The molecule has 0 rings (SSSR count). The Kier molecular flexibility index (Phi) is 11.1. The fourth-order valence-electron chi connectivity index (χ4n) is 0.516. The van der Waals surface area contributed by atoms with E-state index in [4.69, 9.17) is 0 Å². The minimum absolute atomic E-state index is 0. The average Bonchev–Trinajstić information content (AvgIpc) is 1.82. The molecule has 2 nitrogen and oxygen atoms in total. The molecule has 0 unspecified atom stereocenters. The van der Waals surface area contributed by atoms with Crippen molar-refractivity contribution in [2.45, 2.75) is 19.9 Å². The third-order valence-electron chi connectivity index (χ3n) is 1.56.